The van der Waals surface area contributed by atoms with Crippen molar-refractivity contribution < 1.29 is 0 Å². The molecule has 0 bridgehead atoms. The van der Waals surface area contributed by atoms with E-state index in [1.165, 1.54) is 64.5 Å². The van der Waals surface area contributed by atoms with Crippen LogP contribution in [-0.2, 0) is 0 Å². The molecule has 2 rings (SSSR count). The van der Waals surface area contributed by atoms with Gasteiger partial charge in [0.15, 0.2) is 0 Å². The Morgan fingerprint density at radius 3 is 2.65 bits per heavy atom. The van der Waals surface area contributed by atoms with Gasteiger partial charge in [0.05, 0.1) is 0 Å². The average molecular weight is 237 g/mol. The minimum absolute atomic E-state index is 0.997. The number of nitrogens with one attached hydrogen (secondary N) is 1. The lowest BCUT2D eigenvalue weighted by atomic mass is 9.72. The number of hydrogen-bond acceptors (Lipinski definition) is 1. The van der Waals surface area contributed by atoms with Crippen LogP contribution in [0.4, 0.5) is 0 Å². The maximum absolute atomic E-state index is 3.66. The van der Waals surface area contributed by atoms with E-state index in [1.54, 1.807) is 0 Å². The third kappa shape index (κ3) is 3.71. The summed E-state index contributed by atoms with van der Waals surface area (Å²) in [5.41, 5.74) is 0. The van der Waals surface area contributed by atoms with Crippen LogP contribution in [0.3, 0.4) is 0 Å². The van der Waals surface area contributed by atoms with Crippen LogP contribution >= 0.6 is 0 Å². The van der Waals surface area contributed by atoms with Crippen LogP contribution < -0.4 is 5.32 Å². The van der Waals surface area contributed by atoms with E-state index in [1.807, 2.05) is 0 Å². The van der Waals surface area contributed by atoms with Gasteiger partial charge in [0, 0.05) is 0 Å². The molecule has 0 amide bonds. The smallest absolute Gasteiger partial charge is 0.00178 e. The lowest BCUT2D eigenvalue weighted by molar-refractivity contribution is 0.168. The zero-order valence-corrected chi connectivity index (χ0v) is 11.9. The summed E-state index contributed by atoms with van der Waals surface area (Å²) in [5.74, 6) is 4.12. The zero-order valence-electron chi connectivity index (χ0n) is 11.9. The van der Waals surface area contributed by atoms with Crippen LogP contribution in [0.1, 0.15) is 65.2 Å². The highest BCUT2D eigenvalue weighted by Crippen LogP contribution is 2.43. The van der Waals surface area contributed by atoms with Crippen molar-refractivity contribution in [2.24, 2.45) is 23.7 Å². The molecule has 2 aliphatic rings. The fraction of sp³-hybridized carbons (Fsp3) is 1.00. The van der Waals surface area contributed by atoms with Gasteiger partial charge < -0.3 is 5.32 Å². The molecule has 4 unspecified atom stereocenters. The maximum Gasteiger partial charge on any atom is -0.00178 e. The molecule has 4 atom stereocenters. The molecule has 0 spiro atoms. The molecule has 0 aromatic heterocycles. The number of hydrogen-bond donors (Lipinski definition) is 1. The molecule has 1 heteroatoms. The SMILES string of the molecule is CCCNCC1CCCC1C1CCCC(C)C1. The zero-order chi connectivity index (χ0) is 12.1. The summed E-state index contributed by atoms with van der Waals surface area (Å²) >= 11 is 0. The van der Waals surface area contributed by atoms with E-state index in [-0.39, 0.29) is 0 Å². The molecule has 2 aliphatic carbocycles. The van der Waals surface area contributed by atoms with Crippen molar-refractivity contribution in [2.75, 3.05) is 13.1 Å². The predicted octanol–water partition coefficient (Wildman–Crippen LogP) is 4.23. The van der Waals surface area contributed by atoms with Crippen LogP contribution in [0, 0.1) is 23.7 Å². The first kappa shape index (κ1) is 13.4. The maximum atomic E-state index is 3.66. The van der Waals surface area contributed by atoms with Gasteiger partial charge >= 0.3 is 0 Å². The molecule has 1 N–H and O–H groups in total. The predicted molar refractivity (Wildman–Crippen MR) is 75.1 cm³/mol. The average Bonchev–Trinajstić information content (AvgIpc) is 2.78. The Balaban J connectivity index is 1.81. The van der Waals surface area contributed by atoms with Gasteiger partial charge in [0.2, 0.25) is 0 Å². The summed E-state index contributed by atoms with van der Waals surface area (Å²) in [5, 5.41) is 3.66. The van der Waals surface area contributed by atoms with Crippen molar-refractivity contribution >= 4 is 0 Å². The van der Waals surface area contributed by atoms with Crippen molar-refractivity contribution in [3.05, 3.63) is 0 Å². The molecule has 0 aromatic carbocycles. The molecular formula is C16H31N. The monoisotopic (exact) mass is 237 g/mol. The molecule has 17 heavy (non-hydrogen) atoms. The first-order valence-corrected chi connectivity index (χ1v) is 8.02. The second-order valence-corrected chi connectivity index (χ2v) is 6.59. The minimum atomic E-state index is 0.997. The van der Waals surface area contributed by atoms with Gasteiger partial charge in [0.25, 0.3) is 0 Å². The molecule has 2 fully saturated rings. The lowest BCUT2D eigenvalue weighted by Gasteiger charge is -2.34. The molecule has 2 saturated carbocycles. The van der Waals surface area contributed by atoms with E-state index in [2.05, 4.69) is 19.2 Å². The minimum Gasteiger partial charge on any atom is -0.316 e. The highest BCUT2D eigenvalue weighted by Gasteiger charge is 2.34. The Labute approximate surface area is 108 Å². The summed E-state index contributed by atoms with van der Waals surface area (Å²) in [7, 11) is 0. The first-order valence-electron chi connectivity index (χ1n) is 8.02. The highest BCUT2D eigenvalue weighted by atomic mass is 14.9. The second kappa shape index (κ2) is 6.78. The molecule has 100 valence electrons. The van der Waals surface area contributed by atoms with Crippen molar-refractivity contribution in [1.29, 1.82) is 0 Å². The van der Waals surface area contributed by atoms with E-state index in [0.29, 0.717) is 0 Å². The topological polar surface area (TPSA) is 12.0 Å². The first-order chi connectivity index (χ1) is 8.31. The van der Waals surface area contributed by atoms with Crippen LogP contribution in [0.2, 0.25) is 0 Å². The van der Waals surface area contributed by atoms with Gasteiger partial charge in [-0.1, -0.05) is 39.5 Å². The van der Waals surface area contributed by atoms with E-state index in [9.17, 15) is 0 Å². The van der Waals surface area contributed by atoms with Gasteiger partial charge in [-0.2, -0.15) is 0 Å². The van der Waals surface area contributed by atoms with Crippen LogP contribution in [0.25, 0.3) is 0 Å². The fourth-order valence-corrected chi connectivity index (χ4v) is 4.27. The molecule has 0 radical (unpaired) electrons. The highest BCUT2D eigenvalue weighted by molar-refractivity contribution is 4.86. The van der Waals surface area contributed by atoms with Gasteiger partial charge in [-0.05, 0) is 62.4 Å². The Hall–Kier alpha value is -0.0400. The van der Waals surface area contributed by atoms with Crippen LogP contribution in [0.5, 0.6) is 0 Å². The summed E-state index contributed by atoms with van der Waals surface area (Å²) in [6.45, 7) is 7.24. The Bertz CT molecular complexity index is 214. The standard InChI is InChI=1S/C16H31N/c1-3-10-17-12-15-8-5-9-16(15)14-7-4-6-13(2)11-14/h13-17H,3-12H2,1-2H3. The second-order valence-electron chi connectivity index (χ2n) is 6.59. The van der Waals surface area contributed by atoms with Gasteiger partial charge in [-0.3, -0.25) is 0 Å². The van der Waals surface area contributed by atoms with E-state index in [0.717, 1.165) is 23.7 Å². The van der Waals surface area contributed by atoms with Crippen molar-refractivity contribution in [1.82, 2.24) is 5.32 Å². The van der Waals surface area contributed by atoms with E-state index in [4.69, 9.17) is 0 Å². The van der Waals surface area contributed by atoms with E-state index < -0.39 is 0 Å². The largest absolute Gasteiger partial charge is 0.316 e. The Morgan fingerprint density at radius 2 is 1.88 bits per heavy atom. The summed E-state index contributed by atoms with van der Waals surface area (Å²) in [4.78, 5) is 0. The van der Waals surface area contributed by atoms with Crippen LogP contribution in [0.15, 0.2) is 0 Å². The summed E-state index contributed by atoms with van der Waals surface area (Å²) in [6.07, 6.45) is 11.8. The van der Waals surface area contributed by atoms with Crippen molar-refractivity contribution in [3.63, 3.8) is 0 Å². The Morgan fingerprint density at radius 1 is 1.06 bits per heavy atom. The molecule has 0 heterocycles. The van der Waals surface area contributed by atoms with Crippen LogP contribution in [-0.4, -0.2) is 13.1 Å². The molecule has 0 aliphatic heterocycles. The van der Waals surface area contributed by atoms with Gasteiger partial charge in [-0.15, -0.1) is 0 Å². The summed E-state index contributed by atoms with van der Waals surface area (Å²) in [6, 6.07) is 0. The van der Waals surface area contributed by atoms with Crippen molar-refractivity contribution in [3.8, 4) is 0 Å². The van der Waals surface area contributed by atoms with E-state index >= 15 is 0 Å². The fourth-order valence-electron chi connectivity index (χ4n) is 4.27. The quantitative estimate of drug-likeness (QED) is 0.706. The molecular weight excluding hydrogens is 206 g/mol. The third-order valence-electron chi connectivity index (χ3n) is 5.13. The van der Waals surface area contributed by atoms with Gasteiger partial charge in [0.1, 0.15) is 0 Å². The summed E-state index contributed by atoms with van der Waals surface area (Å²) < 4.78 is 0. The van der Waals surface area contributed by atoms with Gasteiger partial charge in [-0.25, -0.2) is 0 Å². The van der Waals surface area contributed by atoms with Crippen molar-refractivity contribution in [2.45, 2.75) is 65.2 Å². The molecule has 1 nitrogen and oxygen atoms in total. The lowest BCUT2D eigenvalue weighted by Crippen LogP contribution is -2.31. The number of rotatable bonds is 5. The normalized spacial score (nSPS) is 38.5. The Kier molecular flexibility index (Phi) is 5.34. The third-order valence-corrected chi connectivity index (χ3v) is 5.13. The molecule has 0 aromatic rings. The molecule has 0 saturated heterocycles.